The van der Waals surface area contributed by atoms with Crippen molar-refractivity contribution in [1.82, 2.24) is 34.7 Å². The molecule has 3 aromatic heterocycles. The summed E-state index contributed by atoms with van der Waals surface area (Å²) in [6.45, 7) is 9.15. The fourth-order valence-electron chi connectivity index (χ4n) is 2.82. The topological polar surface area (TPSA) is 77.5 Å². The average molecular weight is 451 g/mol. The van der Waals surface area contributed by atoms with Gasteiger partial charge >= 0.3 is 0 Å². The fraction of sp³-hybridized carbons (Fsp3) is 0.412. The van der Waals surface area contributed by atoms with Crippen molar-refractivity contribution in [2.75, 3.05) is 5.32 Å². The largest absolute Gasteiger partial charge is 0.357 e. The first kappa shape index (κ1) is 19.6. The third kappa shape index (κ3) is 4.56. The standard InChI is InChI=1S/C17H23BrN8S/c1-4-25-12(3)13(6-21-25)10-24-11-14(7-20-24)23-17(27)19-9-16-15(18)8-22-26(16)5-2/h6-8,11H,4-5,9-10H2,1-3H3,(H2,19,23,27). The van der Waals surface area contributed by atoms with Crippen LogP contribution < -0.4 is 10.6 Å². The van der Waals surface area contributed by atoms with Crippen molar-refractivity contribution < 1.29 is 0 Å². The lowest BCUT2D eigenvalue weighted by molar-refractivity contribution is 0.613. The summed E-state index contributed by atoms with van der Waals surface area (Å²) in [5, 5.41) is 20.0. The molecule has 0 amide bonds. The minimum absolute atomic E-state index is 0.542. The smallest absolute Gasteiger partial charge is 0.171 e. The highest BCUT2D eigenvalue weighted by atomic mass is 79.9. The summed E-state index contributed by atoms with van der Waals surface area (Å²) in [7, 11) is 0. The van der Waals surface area contributed by atoms with Crippen LogP contribution in [-0.2, 0) is 26.2 Å². The molecule has 0 aliphatic rings. The lowest BCUT2D eigenvalue weighted by atomic mass is 10.2. The number of thiocarbonyl (C=S) groups is 1. The molecule has 0 bridgehead atoms. The van der Waals surface area contributed by atoms with Gasteiger partial charge in [0.1, 0.15) is 0 Å². The van der Waals surface area contributed by atoms with Gasteiger partial charge in [0.15, 0.2) is 5.11 Å². The van der Waals surface area contributed by atoms with Crippen LogP contribution in [-0.4, -0.2) is 34.5 Å². The van der Waals surface area contributed by atoms with Crippen LogP contribution in [0.5, 0.6) is 0 Å². The summed E-state index contributed by atoms with van der Waals surface area (Å²) in [5.74, 6) is 0. The van der Waals surface area contributed by atoms with E-state index in [0.717, 1.165) is 40.2 Å². The second-order valence-corrected chi connectivity index (χ2v) is 7.32. The van der Waals surface area contributed by atoms with Gasteiger partial charge in [-0.2, -0.15) is 15.3 Å². The third-order valence-electron chi connectivity index (χ3n) is 4.34. The van der Waals surface area contributed by atoms with E-state index in [1.165, 1.54) is 0 Å². The van der Waals surface area contributed by atoms with Crippen LogP contribution in [0.1, 0.15) is 30.8 Å². The van der Waals surface area contributed by atoms with Gasteiger partial charge in [-0.15, -0.1) is 0 Å². The third-order valence-corrected chi connectivity index (χ3v) is 5.25. The molecule has 27 heavy (non-hydrogen) atoms. The Morgan fingerprint density at radius 2 is 1.85 bits per heavy atom. The van der Waals surface area contributed by atoms with Gasteiger partial charge in [-0.1, -0.05) is 0 Å². The molecule has 0 saturated carbocycles. The van der Waals surface area contributed by atoms with Gasteiger partial charge < -0.3 is 10.6 Å². The Bertz CT molecular complexity index is 925. The lowest BCUT2D eigenvalue weighted by Gasteiger charge is -2.10. The van der Waals surface area contributed by atoms with E-state index < -0.39 is 0 Å². The van der Waals surface area contributed by atoms with Gasteiger partial charge in [-0.25, -0.2) is 0 Å². The van der Waals surface area contributed by atoms with Crippen LogP contribution in [0.25, 0.3) is 0 Å². The van der Waals surface area contributed by atoms with Gasteiger partial charge in [0.25, 0.3) is 0 Å². The molecule has 0 radical (unpaired) electrons. The van der Waals surface area contributed by atoms with Crippen LogP contribution in [0.4, 0.5) is 5.69 Å². The van der Waals surface area contributed by atoms with Gasteiger partial charge in [-0.3, -0.25) is 14.0 Å². The molecule has 2 N–H and O–H groups in total. The molecule has 0 aliphatic carbocycles. The fourth-order valence-corrected chi connectivity index (χ4v) is 3.45. The lowest BCUT2D eigenvalue weighted by Crippen LogP contribution is -2.29. The van der Waals surface area contributed by atoms with Crippen molar-refractivity contribution in [3.63, 3.8) is 0 Å². The van der Waals surface area contributed by atoms with Gasteiger partial charge in [-0.05, 0) is 48.9 Å². The molecule has 0 aromatic carbocycles. The van der Waals surface area contributed by atoms with Crippen LogP contribution in [0.15, 0.2) is 29.3 Å². The number of aromatic nitrogens is 6. The summed E-state index contributed by atoms with van der Waals surface area (Å²) in [5.41, 5.74) is 4.22. The maximum Gasteiger partial charge on any atom is 0.171 e. The maximum atomic E-state index is 5.39. The Labute approximate surface area is 172 Å². The monoisotopic (exact) mass is 450 g/mol. The van der Waals surface area contributed by atoms with Crippen molar-refractivity contribution in [1.29, 1.82) is 0 Å². The molecule has 3 rings (SSSR count). The van der Waals surface area contributed by atoms with Crippen molar-refractivity contribution in [2.45, 2.75) is 47.0 Å². The molecule has 3 aromatic rings. The highest BCUT2D eigenvalue weighted by molar-refractivity contribution is 9.10. The van der Waals surface area contributed by atoms with E-state index in [-0.39, 0.29) is 0 Å². The van der Waals surface area contributed by atoms with Crippen LogP contribution in [0.3, 0.4) is 0 Å². The van der Waals surface area contributed by atoms with Gasteiger partial charge in [0, 0.05) is 30.5 Å². The molecular formula is C17H23BrN8S. The number of hydrogen-bond acceptors (Lipinski definition) is 4. The first-order valence-electron chi connectivity index (χ1n) is 8.80. The summed E-state index contributed by atoms with van der Waals surface area (Å²) < 4.78 is 6.75. The molecule has 0 saturated heterocycles. The Morgan fingerprint density at radius 1 is 1.11 bits per heavy atom. The SMILES string of the molecule is CCn1ncc(Cn2cc(NC(=S)NCc3c(Br)cnn3CC)cn2)c1C. The molecule has 0 spiro atoms. The molecular weight excluding hydrogens is 428 g/mol. The van der Waals surface area contributed by atoms with Crippen molar-refractivity contribution in [3.8, 4) is 0 Å². The molecule has 8 nitrogen and oxygen atoms in total. The molecule has 0 unspecified atom stereocenters. The Kier molecular flexibility index (Phi) is 6.27. The quantitative estimate of drug-likeness (QED) is 0.538. The molecule has 0 fully saturated rings. The van der Waals surface area contributed by atoms with E-state index in [4.69, 9.17) is 12.2 Å². The number of nitrogens with one attached hydrogen (secondary N) is 2. The second-order valence-electron chi connectivity index (χ2n) is 6.06. The van der Waals surface area contributed by atoms with Crippen molar-refractivity contribution in [3.05, 3.63) is 46.2 Å². The van der Waals surface area contributed by atoms with Gasteiger partial charge in [0.05, 0.1) is 47.5 Å². The van der Waals surface area contributed by atoms with Crippen LogP contribution >= 0.6 is 28.1 Å². The number of aryl methyl sites for hydroxylation is 2. The number of halogens is 1. The van der Waals surface area contributed by atoms with Crippen molar-refractivity contribution >= 4 is 38.9 Å². The average Bonchev–Trinajstić information content (AvgIpc) is 3.34. The molecule has 144 valence electrons. The Morgan fingerprint density at radius 3 is 2.56 bits per heavy atom. The zero-order valence-corrected chi connectivity index (χ0v) is 18.0. The van der Waals surface area contributed by atoms with Crippen molar-refractivity contribution in [2.24, 2.45) is 0 Å². The van der Waals surface area contributed by atoms with E-state index in [2.05, 4.69) is 62.6 Å². The number of rotatable bonds is 7. The minimum Gasteiger partial charge on any atom is -0.357 e. The second kappa shape index (κ2) is 8.66. The Hall–Kier alpha value is -2.20. The number of anilines is 1. The van der Waals surface area contributed by atoms with E-state index in [1.807, 2.05) is 26.4 Å². The maximum absolute atomic E-state index is 5.39. The summed E-state index contributed by atoms with van der Waals surface area (Å²) in [6.07, 6.45) is 7.39. The first-order chi connectivity index (χ1) is 13.0. The highest BCUT2D eigenvalue weighted by Gasteiger charge is 2.10. The summed E-state index contributed by atoms with van der Waals surface area (Å²) >= 11 is 8.91. The number of hydrogen-bond donors (Lipinski definition) is 2. The summed E-state index contributed by atoms with van der Waals surface area (Å²) in [6, 6.07) is 0. The van der Waals surface area contributed by atoms with E-state index >= 15 is 0 Å². The zero-order chi connectivity index (χ0) is 19.4. The van der Waals surface area contributed by atoms with E-state index in [9.17, 15) is 0 Å². The van der Waals surface area contributed by atoms with E-state index in [0.29, 0.717) is 18.2 Å². The van der Waals surface area contributed by atoms with E-state index in [1.54, 1.807) is 12.4 Å². The molecule has 3 heterocycles. The summed E-state index contributed by atoms with van der Waals surface area (Å²) in [4.78, 5) is 0. The van der Waals surface area contributed by atoms with Crippen LogP contribution in [0, 0.1) is 6.92 Å². The minimum atomic E-state index is 0.542. The number of nitrogens with zero attached hydrogens (tertiary/aromatic N) is 6. The predicted molar refractivity (Wildman–Crippen MR) is 113 cm³/mol. The highest BCUT2D eigenvalue weighted by Crippen LogP contribution is 2.16. The normalized spacial score (nSPS) is 11.0. The molecule has 10 heteroatoms. The molecule has 0 aliphatic heterocycles. The molecule has 0 atom stereocenters. The zero-order valence-electron chi connectivity index (χ0n) is 15.6. The predicted octanol–water partition coefficient (Wildman–Crippen LogP) is 2.92. The Balaban J connectivity index is 1.56. The van der Waals surface area contributed by atoms with Crippen LogP contribution in [0.2, 0.25) is 0 Å². The first-order valence-corrected chi connectivity index (χ1v) is 10.0. The van der Waals surface area contributed by atoms with Gasteiger partial charge in [0.2, 0.25) is 0 Å².